The van der Waals surface area contributed by atoms with Crippen LogP contribution in [-0.4, -0.2) is 100 Å². The molecule has 0 saturated carbocycles. The van der Waals surface area contributed by atoms with Crippen LogP contribution in [0.4, 0.5) is 67.3 Å². The number of hydroxylamine groups is 6. The van der Waals surface area contributed by atoms with Crippen LogP contribution in [0.2, 0.25) is 5.02 Å². The highest BCUT2D eigenvalue weighted by atomic mass is 127. The maximum Gasteiger partial charge on any atom is 0.309 e. The summed E-state index contributed by atoms with van der Waals surface area (Å²) in [6.07, 6.45) is 11.3. The maximum absolute atomic E-state index is 13.4. The molecule has 24 nitrogen and oxygen atoms in total. The lowest BCUT2D eigenvalue weighted by molar-refractivity contribution is 0.223. The number of nitrogens with zero attached hydrogens (tertiary/aromatic N) is 6. The molecule has 0 aliphatic carbocycles. The smallest absolute Gasteiger partial charge is 0.309 e. The fourth-order valence-corrected chi connectivity index (χ4v) is 15.9. The zero-order valence-corrected chi connectivity index (χ0v) is 89.9. The predicted octanol–water partition coefficient (Wildman–Crippen LogP) is 30.5. The van der Waals surface area contributed by atoms with Gasteiger partial charge in [-0.1, -0.05) is 265 Å². The van der Waals surface area contributed by atoms with Crippen LogP contribution < -0.4 is 58.8 Å². The fraction of sp³-hybridized carbons (Fsp3) is 0.238. The summed E-state index contributed by atoms with van der Waals surface area (Å²) in [5.74, 6) is 4.07. The first-order valence-electron chi connectivity index (χ1n) is 42.7. The molecular weight excluding hydrogens is 2090 g/mol. The Kier molecular flexibility index (Phi) is 47.5. The monoisotopic (exact) mass is 2200 g/mol. The number of thioether (sulfide) groups is 6. The molecule has 12 aromatic carbocycles. The van der Waals surface area contributed by atoms with Gasteiger partial charge >= 0.3 is 31.4 Å². The number of hydrogen-bond donors (Lipinski definition) is 6. The summed E-state index contributed by atoms with van der Waals surface area (Å²) in [5, 5.41) is 61.6. The quantitative estimate of drug-likeness (QED) is 0.0176. The molecule has 0 radical (unpaired) electrons. The Labute approximate surface area is 864 Å². The third-order valence-electron chi connectivity index (χ3n) is 20.5. The fourth-order valence-electron chi connectivity index (χ4n) is 13.3. The molecule has 0 aliphatic rings. The van der Waals surface area contributed by atoms with Crippen molar-refractivity contribution in [3.63, 3.8) is 0 Å². The molecule has 0 atom stereocenters. The third-order valence-corrected chi connectivity index (χ3v) is 25.0. The van der Waals surface area contributed by atoms with E-state index in [1.165, 1.54) is 46.7 Å². The molecule has 0 aliphatic heterocycles. The van der Waals surface area contributed by atoms with Gasteiger partial charge in [0.25, 0.3) is 0 Å². The van der Waals surface area contributed by atoms with Gasteiger partial charge in [0, 0.05) is 52.5 Å². The van der Waals surface area contributed by atoms with E-state index in [1.54, 1.807) is 73.8 Å². The van der Waals surface area contributed by atoms with E-state index in [0.29, 0.717) is 86.3 Å². The largest absolute Gasteiger partial charge is 0.489 e. The molecule has 736 valence electrons. The molecule has 0 unspecified atom stereocenters. The second-order valence-corrected chi connectivity index (χ2v) is 38.5. The lowest BCUT2D eigenvalue weighted by Gasteiger charge is -2.19. The van der Waals surface area contributed by atoms with Crippen LogP contribution in [0.5, 0.6) is 34.5 Å². The highest BCUT2D eigenvalue weighted by Gasteiger charge is 2.25. The Morgan fingerprint density at radius 1 is 0.309 bits per heavy atom. The highest BCUT2D eigenvalue weighted by Crippen LogP contribution is 2.36. The molecular formula is C105H114BrClFIN6O18S6. The van der Waals surface area contributed by atoms with E-state index in [9.17, 15) is 64.4 Å². The van der Waals surface area contributed by atoms with E-state index in [1.807, 2.05) is 236 Å². The predicted molar refractivity (Wildman–Crippen MR) is 579 cm³/mol. The number of carbonyl (C=O) groups is 6. The average molecular weight is 2200 g/mol. The summed E-state index contributed by atoms with van der Waals surface area (Å²) >= 11 is 17.0. The van der Waals surface area contributed by atoms with Crippen molar-refractivity contribution in [3.05, 3.63) is 355 Å². The molecule has 139 heavy (non-hydrogen) atoms. The van der Waals surface area contributed by atoms with Crippen molar-refractivity contribution in [1.82, 2.24) is 0 Å². The minimum atomic E-state index is -0.594. The molecule has 0 aromatic heterocycles. The van der Waals surface area contributed by atoms with Crippen LogP contribution in [0.3, 0.4) is 0 Å². The highest BCUT2D eigenvalue weighted by molar-refractivity contribution is 14.1. The maximum atomic E-state index is 13.4. The molecule has 0 bridgehead atoms. The molecule has 6 N–H and O–H groups in total. The number of aryl methyl sites for hydroxylation is 13. The number of hydrogen-bond acceptors (Lipinski definition) is 24. The molecule has 0 saturated heterocycles. The van der Waals surface area contributed by atoms with Gasteiger partial charge in [-0.25, -0.2) is 4.39 Å². The number of amides is 6. The minimum absolute atomic E-state index is 0.0779. The summed E-state index contributed by atoms with van der Waals surface area (Å²) in [6, 6.07) is 66.3. The van der Waals surface area contributed by atoms with Crippen LogP contribution in [0.25, 0.3) is 6.08 Å². The summed E-state index contributed by atoms with van der Waals surface area (Å²) in [7, 11) is 0. The van der Waals surface area contributed by atoms with E-state index >= 15 is 0 Å². The third kappa shape index (κ3) is 35.5. The average Bonchev–Trinajstić information content (AvgIpc) is 0.835. The van der Waals surface area contributed by atoms with E-state index < -0.39 is 37.3 Å². The molecule has 0 fully saturated rings. The number of halogens is 4. The minimum Gasteiger partial charge on any atom is -0.489 e. The summed E-state index contributed by atoms with van der Waals surface area (Å²) in [6.45, 7) is 31.0. The van der Waals surface area contributed by atoms with Crippen LogP contribution in [0.15, 0.2) is 229 Å². The van der Waals surface area contributed by atoms with Gasteiger partial charge in [0.2, 0.25) is 0 Å². The number of anilines is 6. The van der Waals surface area contributed by atoms with Gasteiger partial charge in [-0.3, -0.25) is 60.0 Å². The Bertz CT molecular complexity index is 5580. The van der Waals surface area contributed by atoms with Gasteiger partial charge in [-0.2, -0.15) is 30.4 Å². The van der Waals surface area contributed by atoms with E-state index in [4.69, 9.17) is 40.0 Å². The van der Waals surface area contributed by atoms with Gasteiger partial charge in [0.05, 0.1) is 34.1 Å². The second kappa shape index (κ2) is 57.3. The number of benzene rings is 12. The number of ether oxygens (including phenoxy) is 6. The van der Waals surface area contributed by atoms with Gasteiger partial charge in [0.1, 0.15) is 80.0 Å². The summed E-state index contributed by atoms with van der Waals surface area (Å²) in [5.41, 5.74) is 21.2. The van der Waals surface area contributed by atoms with Crippen molar-refractivity contribution >= 4 is 192 Å². The van der Waals surface area contributed by atoms with Crippen LogP contribution in [0.1, 0.15) is 111 Å². The number of rotatable bonds is 25. The van der Waals surface area contributed by atoms with Crippen molar-refractivity contribution in [3.8, 4) is 34.5 Å². The Balaban J connectivity index is 0.000000227. The Morgan fingerprint density at radius 2 is 0.532 bits per heavy atom. The molecule has 34 heteroatoms. The van der Waals surface area contributed by atoms with Crippen molar-refractivity contribution in [1.29, 1.82) is 0 Å². The topological polar surface area (TPSA) is 299 Å². The van der Waals surface area contributed by atoms with Crippen molar-refractivity contribution in [2.24, 2.45) is 0 Å². The Hall–Kier alpha value is -10.7. The van der Waals surface area contributed by atoms with Crippen LogP contribution in [-0.2, 0) is 39.6 Å². The molecule has 12 aromatic rings. The van der Waals surface area contributed by atoms with Crippen molar-refractivity contribution in [2.75, 3.05) is 67.9 Å². The van der Waals surface area contributed by atoms with E-state index in [0.717, 1.165) is 186 Å². The molecule has 0 spiro atoms. The molecule has 6 amide bonds. The van der Waals surface area contributed by atoms with Crippen molar-refractivity contribution in [2.45, 2.75) is 130 Å². The van der Waals surface area contributed by atoms with E-state index in [-0.39, 0.29) is 45.3 Å². The first-order chi connectivity index (χ1) is 66.0. The Morgan fingerprint density at radius 3 is 0.820 bits per heavy atom. The normalized spacial score (nSPS) is 10.5. The van der Waals surface area contributed by atoms with Crippen LogP contribution in [0, 0.1) is 99.4 Å². The zero-order valence-electron chi connectivity index (χ0n) is 80.5. The lowest BCUT2D eigenvalue weighted by Crippen LogP contribution is -2.24. The zero-order chi connectivity index (χ0) is 103. The standard InChI is InChI=1S/C19H21NO3S.C18H21NO3S.C17H18BrNO3S.C17H18ClNO3S.C17H18FNO3S.C17H18INO3S/c1-5-15-7-8-16(17(11-15)20(22)19(21)24-4)12-23-18-9-6-13(2)10-14(18)3;1-12-6-8-17(14(3)9-12)22-11-15-7-5-13(2)10-16(15)19(21)18(20)23-4;4*1-11-4-7-16(12(2)8-11)22-10-13-5-6-14(18)9-15(13)19(21)17(20)23-3/h5-11,22H,1,12H2,2-4H3;5-10,21H,11H2,1-4H3;4*4-9,21H,10H2,1-3H3. The van der Waals surface area contributed by atoms with Gasteiger partial charge in [-0.05, 0) is 286 Å². The first kappa shape index (κ1) is 115. The molecule has 12 rings (SSSR count). The lowest BCUT2D eigenvalue weighted by atomic mass is 10.1. The first-order valence-corrected chi connectivity index (χ1v) is 52.3. The van der Waals surface area contributed by atoms with Crippen molar-refractivity contribution < 1.29 is 92.8 Å². The van der Waals surface area contributed by atoms with Gasteiger partial charge < -0.3 is 28.4 Å². The van der Waals surface area contributed by atoms with Gasteiger partial charge in [0.15, 0.2) is 0 Å². The number of carbonyl (C=O) groups excluding carboxylic acids is 6. The van der Waals surface area contributed by atoms with E-state index in [2.05, 4.69) is 57.2 Å². The van der Waals surface area contributed by atoms with Gasteiger partial charge in [-0.15, -0.1) is 0 Å². The van der Waals surface area contributed by atoms with Crippen LogP contribution >= 0.6 is 121 Å². The molecule has 0 heterocycles. The SMILES string of the molecule is C=Cc1ccc(COc2ccc(C)cc2C)c(N(O)C(=O)SC)c1.CSC(=O)N(O)c1cc(Br)ccc1COc1ccc(C)cc1C.CSC(=O)N(O)c1cc(C)ccc1COc1ccc(C)cc1C.CSC(=O)N(O)c1cc(Cl)ccc1COc1ccc(C)cc1C.CSC(=O)N(O)c1cc(F)ccc1COc1ccc(C)cc1C.CSC(=O)N(O)c1cc(I)ccc1COc1ccc(C)cc1C. The summed E-state index contributed by atoms with van der Waals surface area (Å²) < 4.78 is 50.2. The summed E-state index contributed by atoms with van der Waals surface area (Å²) in [4.78, 5) is 70.3. The second-order valence-electron chi connectivity index (χ2n) is 31.4.